The number of carbonyl (C=O) groups excluding carboxylic acids is 15. The van der Waals surface area contributed by atoms with Crippen molar-refractivity contribution in [3.63, 3.8) is 0 Å². The van der Waals surface area contributed by atoms with Crippen LogP contribution in [0.25, 0.3) is 0 Å². The first-order chi connectivity index (χ1) is 67.3. The van der Waals surface area contributed by atoms with Crippen LogP contribution in [0.1, 0.15) is 400 Å². The maximum absolute atomic E-state index is 11.9. The molecule has 31 heteroatoms. The summed E-state index contributed by atoms with van der Waals surface area (Å²) in [5, 5.41) is 0. The molecule has 2 unspecified atom stereocenters. The molecule has 4 heterocycles. The molecule has 1 aromatic carbocycles. The van der Waals surface area contributed by atoms with Gasteiger partial charge < -0.3 is 71.8 Å². The van der Waals surface area contributed by atoms with E-state index >= 15 is 0 Å². The third-order valence-electron chi connectivity index (χ3n) is 29.1. The van der Waals surface area contributed by atoms with Crippen LogP contribution < -0.4 is 24.8 Å². The molecule has 0 radical (unpaired) electrons. The summed E-state index contributed by atoms with van der Waals surface area (Å²) in [5.41, 5.74) is 5.02. The molecule has 1 aromatic rings. The van der Waals surface area contributed by atoms with Gasteiger partial charge in [0.1, 0.15) is 26.3 Å². The molecular weight excluding hydrogens is 1910 g/mol. The average Bonchev–Trinajstić information content (AvgIpc) is 1.68. The number of imide groups is 4. The number of esters is 6. The zero-order valence-electron chi connectivity index (χ0n) is 99.1. The molecule has 147 heavy (non-hydrogen) atoms. The van der Waals surface area contributed by atoms with E-state index in [0.29, 0.717) is 123 Å². The van der Waals surface area contributed by atoms with E-state index in [2.05, 4.69) is 80.0 Å². The third-order valence-corrected chi connectivity index (χ3v) is 29.1. The van der Waals surface area contributed by atoms with E-state index < -0.39 is 21.7 Å². The van der Waals surface area contributed by atoms with E-state index in [1.807, 2.05) is 138 Å². The number of quaternary nitrogens is 2. The van der Waals surface area contributed by atoms with Gasteiger partial charge >= 0.3 is 35.8 Å². The summed E-state index contributed by atoms with van der Waals surface area (Å²) in [6.45, 7) is 74.2. The summed E-state index contributed by atoms with van der Waals surface area (Å²) in [7, 11) is 11.4. The molecule has 0 saturated carbocycles. The Kier molecular flexibility index (Phi) is 73.6. The molecule has 4 aliphatic heterocycles. The molecule has 0 saturated heterocycles. The normalized spacial score (nSPS) is 14.4. The van der Waals surface area contributed by atoms with E-state index in [9.17, 15) is 71.9 Å². The van der Waals surface area contributed by atoms with Gasteiger partial charge in [-0.2, -0.15) is 0 Å². The number of carbonyl (C=O) groups is 15. The van der Waals surface area contributed by atoms with Crippen molar-refractivity contribution >= 4 is 89.0 Å². The Labute approximate surface area is 901 Å². The van der Waals surface area contributed by atoms with Crippen molar-refractivity contribution in [3.05, 3.63) is 80.0 Å². The number of ether oxygens (including phenoxy) is 7. The van der Waals surface area contributed by atoms with Crippen molar-refractivity contribution in [2.75, 3.05) is 141 Å². The van der Waals surface area contributed by atoms with Gasteiger partial charge in [-0.05, 0) is 299 Å². The fourth-order valence-corrected chi connectivity index (χ4v) is 13.5. The van der Waals surface area contributed by atoms with E-state index in [1.54, 1.807) is 81.5 Å². The second kappa shape index (κ2) is 73.6. The van der Waals surface area contributed by atoms with Gasteiger partial charge in [-0.25, -0.2) is 0 Å². The maximum Gasteiger partial charge on any atom is 0.311 e. The number of rotatable bonds is 55. The molecule has 0 aromatic heterocycles. The molecule has 0 fully saturated rings. The summed E-state index contributed by atoms with van der Waals surface area (Å²) in [6.07, 6.45) is 20.5. The first kappa shape index (κ1) is 147. The lowest BCUT2D eigenvalue weighted by atomic mass is 9.91. The highest BCUT2D eigenvalue weighted by Gasteiger charge is 2.39. The van der Waals surface area contributed by atoms with Crippen molar-refractivity contribution in [2.45, 2.75) is 395 Å². The van der Waals surface area contributed by atoms with Gasteiger partial charge in [-0.1, -0.05) is 119 Å². The number of methoxy groups -OCH3 is 1. The standard InChI is InChI=1S/4C18H29NO4.C17H30N.C11H24NO2.C9H18O3.C7H15NO.2ClH/c4*1-6-18(4,5)17(22)23-12-10-8-7-9-11-19-15(20)13(2)14(3)16(19)21;1-6-15(5)17-12-10-16(11-13-17)14-18(7-2,8-3)9-4;1-7-11(2,3)10(13)14-9-8-12(4,5)6;1-5-9(2,3)8(10)12-7-6-11-4;1-5-6(2)7(9)8(3)4;;/h4*6-12H2,1-5H3;10-13,15H,6-9,14H2,1-5H3;7-9H2,1-6H3;5-7H2,1-4H3;6H,5H2,1-4H3;2*1H/q;;;;2*+1;;;;/p-2. The minimum Gasteiger partial charge on any atom is -1.00 e. The minimum absolute atomic E-state index is 0. The van der Waals surface area contributed by atoms with Crippen LogP contribution in [0.4, 0.5) is 0 Å². The van der Waals surface area contributed by atoms with E-state index in [0.717, 1.165) is 159 Å². The SMILES string of the molecule is CCC(C)(C)C(=O)OCCCCCCN1C(=O)C(C)=C(C)C1=O.CCC(C)(C)C(=O)OCCCCCCN1C(=O)C(C)=C(C)C1=O.CCC(C)(C)C(=O)OCCCCCCN1C(=O)C(C)=C(C)C1=O.CCC(C)(C)C(=O)OCCCCCCN1C(=O)C(C)=C(C)C1=O.CCC(C)(C)C(=O)OCCOC.CCC(C)(C)C(=O)OCC[N+](C)(C)C.CCC(C)C(=O)N(C)C.CCC(C)c1ccc(C[N+](CC)(CC)CC)cc1.[Cl-].[Cl-]. The number of amides is 9. The molecule has 0 spiro atoms. The fourth-order valence-electron chi connectivity index (χ4n) is 13.5. The topological polar surface area (TPSA) is 337 Å². The number of halogens is 2. The minimum atomic E-state index is -0.417. The maximum atomic E-state index is 11.9. The highest BCUT2D eigenvalue weighted by molar-refractivity contribution is 6.20. The third kappa shape index (κ3) is 53.4. The summed E-state index contributed by atoms with van der Waals surface area (Å²) in [5.74, 6) is -1.06. The highest BCUT2D eigenvalue weighted by atomic mass is 35.5. The highest BCUT2D eigenvalue weighted by Crippen LogP contribution is 2.31. The Morgan fingerprint density at radius 2 is 0.524 bits per heavy atom. The molecule has 848 valence electrons. The van der Waals surface area contributed by atoms with Gasteiger partial charge in [0.2, 0.25) is 5.91 Å². The molecule has 2 atom stereocenters. The van der Waals surface area contributed by atoms with Gasteiger partial charge in [0.05, 0.1) is 106 Å². The van der Waals surface area contributed by atoms with Crippen LogP contribution in [-0.4, -0.2) is 263 Å². The Morgan fingerprint density at radius 3 is 0.701 bits per heavy atom. The van der Waals surface area contributed by atoms with Gasteiger partial charge in [-0.15, -0.1) is 0 Å². The van der Waals surface area contributed by atoms with Gasteiger partial charge in [-0.3, -0.25) is 91.5 Å². The van der Waals surface area contributed by atoms with Crippen LogP contribution in [0.15, 0.2) is 68.9 Å². The number of nitrogens with zero attached hydrogens (tertiary/aromatic N) is 7. The molecule has 9 amide bonds. The van der Waals surface area contributed by atoms with Gasteiger partial charge in [0.15, 0.2) is 0 Å². The van der Waals surface area contributed by atoms with Crippen LogP contribution in [0.5, 0.6) is 0 Å². The van der Waals surface area contributed by atoms with Gasteiger partial charge in [0.25, 0.3) is 47.3 Å². The smallest absolute Gasteiger partial charge is 0.311 e. The van der Waals surface area contributed by atoms with Crippen molar-refractivity contribution in [3.8, 4) is 0 Å². The summed E-state index contributed by atoms with van der Waals surface area (Å²) >= 11 is 0. The second-order valence-electron chi connectivity index (χ2n) is 44.0. The Hall–Kier alpha value is -8.51. The lowest BCUT2D eigenvalue weighted by molar-refractivity contribution is -0.936. The number of likely N-dealkylation sites (N-methyl/N-ethyl adjacent to an activating group) is 1. The largest absolute Gasteiger partial charge is 1.00 e. The van der Waals surface area contributed by atoms with Crippen LogP contribution in [-0.2, 0) is 112 Å². The Morgan fingerprint density at radius 1 is 0.313 bits per heavy atom. The predicted octanol–water partition coefficient (Wildman–Crippen LogP) is 15.9. The Balaban J connectivity index is -0.000000530. The van der Waals surface area contributed by atoms with Crippen molar-refractivity contribution in [2.24, 2.45) is 38.4 Å². The molecule has 0 aliphatic carbocycles. The molecule has 4 aliphatic rings. The fraction of sp³-hybridized carbons (Fsp3) is 0.750. The van der Waals surface area contributed by atoms with Crippen LogP contribution in [0.2, 0.25) is 0 Å². The van der Waals surface area contributed by atoms with Crippen molar-refractivity contribution in [1.82, 2.24) is 24.5 Å². The zero-order chi connectivity index (χ0) is 113. The summed E-state index contributed by atoms with van der Waals surface area (Å²) in [4.78, 5) is 183. The molecular formula is C116H203Cl2N7O22. The number of benzene rings is 1. The summed E-state index contributed by atoms with van der Waals surface area (Å²) < 4.78 is 38.1. The van der Waals surface area contributed by atoms with E-state index in [4.69, 9.17) is 33.2 Å². The average molecular weight is 2120 g/mol. The first-order valence-electron chi connectivity index (χ1n) is 53.9. The van der Waals surface area contributed by atoms with Crippen LogP contribution >= 0.6 is 0 Å². The molecule has 0 N–H and O–H groups in total. The zero-order valence-corrected chi connectivity index (χ0v) is 101. The monoisotopic (exact) mass is 2120 g/mol. The summed E-state index contributed by atoms with van der Waals surface area (Å²) in [6, 6.07) is 9.29. The molecule has 0 bridgehead atoms. The van der Waals surface area contributed by atoms with Gasteiger partial charge in [0, 0.05) is 103 Å². The molecule has 5 rings (SSSR count). The lowest BCUT2D eigenvalue weighted by Gasteiger charge is -2.36. The van der Waals surface area contributed by atoms with Crippen molar-refractivity contribution in [1.29, 1.82) is 0 Å². The quantitative estimate of drug-likeness (QED) is 0.0192. The van der Waals surface area contributed by atoms with Crippen LogP contribution in [0.3, 0.4) is 0 Å². The predicted molar refractivity (Wildman–Crippen MR) is 578 cm³/mol. The number of hydrogen-bond acceptors (Lipinski definition) is 22. The first-order valence-corrected chi connectivity index (χ1v) is 53.9. The Bertz CT molecular complexity index is 3900. The van der Waals surface area contributed by atoms with Crippen molar-refractivity contribution < 1.29 is 139 Å². The molecule has 29 nitrogen and oxygen atoms in total. The number of hydrogen-bond donors (Lipinski definition) is 0. The van der Waals surface area contributed by atoms with E-state index in [-0.39, 0.29) is 131 Å². The van der Waals surface area contributed by atoms with Crippen LogP contribution in [0, 0.1) is 38.4 Å². The van der Waals surface area contributed by atoms with E-state index in [1.165, 1.54) is 67.8 Å². The lowest BCUT2D eigenvalue weighted by Crippen LogP contribution is -3.00. The number of unbranched alkanes of at least 4 members (excludes halogenated alkanes) is 12. The second-order valence-corrected chi connectivity index (χ2v) is 44.0.